The van der Waals surface area contributed by atoms with Crippen molar-refractivity contribution in [1.29, 1.82) is 0 Å². The lowest BCUT2D eigenvalue weighted by molar-refractivity contribution is -0.136. The number of aliphatic imine (C=N–C) groups is 1. The first-order valence-electron chi connectivity index (χ1n) is 10.3. The number of anilines is 2. The Bertz CT molecular complexity index is 1290. The van der Waals surface area contributed by atoms with Gasteiger partial charge in [0.25, 0.3) is 0 Å². The molecule has 9 nitrogen and oxygen atoms in total. The number of hydrogen-bond donors (Lipinski definition) is 0. The van der Waals surface area contributed by atoms with E-state index < -0.39 is 18.0 Å². The minimum atomic E-state index is -0.646. The summed E-state index contributed by atoms with van der Waals surface area (Å²) in [5.74, 6) is 1.56. The molecule has 33 heavy (non-hydrogen) atoms. The number of benzene rings is 1. The predicted molar refractivity (Wildman–Crippen MR) is 119 cm³/mol. The van der Waals surface area contributed by atoms with Gasteiger partial charge in [-0.25, -0.2) is 14.6 Å². The van der Waals surface area contributed by atoms with Gasteiger partial charge < -0.3 is 23.2 Å². The third kappa shape index (κ3) is 3.38. The maximum atomic E-state index is 12.7. The van der Waals surface area contributed by atoms with Crippen molar-refractivity contribution in [2.45, 2.75) is 19.5 Å². The van der Waals surface area contributed by atoms with Crippen LogP contribution in [-0.2, 0) is 20.8 Å². The molecule has 4 heterocycles. The molecule has 3 aromatic rings. The van der Waals surface area contributed by atoms with Crippen LogP contribution in [0.5, 0.6) is 0 Å². The van der Waals surface area contributed by atoms with Gasteiger partial charge >= 0.3 is 11.9 Å². The Balaban J connectivity index is 1.70. The van der Waals surface area contributed by atoms with Crippen LogP contribution in [0, 0.1) is 6.92 Å². The van der Waals surface area contributed by atoms with Crippen molar-refractivity contribution in [1.82, 2.24) is 0 Å². The van der Waals surface area contributed by atoms with Gasteiger partial charge in [-0.1, -0.05) is 0 Å². The number of aryl methyl sites for hydroxylation is 1. The van der Waals surface area contributed by atoms with Crippen molar-refractivity contribution in [3.05, 3.63) is 83.3 Å². The van der Waals surface area contributed by atoms with E-state index in [9.17, 15) is 9.59 Å². The molecule has 0 N–H and O–H groups in total. The normalized spacial score (nSPS) is 16.6. The number of guanidine groups is 1. The lowest BCUT2D eigenvalue weighted by atomic mass is 10.0. The molecular weight excluding hydrogens is 426 g/mol. The quantitative estimate of drug-likeness (QED) is 0.542. The Hall–Kier alpha value is -4.27. The summed E-state index contributed by atoms with van der Waals surface area (Å²) < 4.78 is 21.4. The Kier molecular flexibility index (Phi) is 5.01. The topological polar surface area (TPSA) is 97.7 Å². The molecule has 0 bridgehead atoms. The number of fused-ring (bicyclic) bond motifs is 3. The number of carbonyl (C=O) groups is 2. The van der Waals surface area contributed by atoms with E-state index in [1.54, 1.807) is 18.4 Å². The molecule has 1 atom stereocenters. The van der Waals surface area contributed by atoms with Crippen molar-refractivity contribution in [2.75, 3.05) is 24.0 Å². The fraction of sp³-hybridized carbons (Fsp3) is 0.208. The molecule has 168 valence electrons. The van der Waals surface area contributed by atoms with Gasteiger partial charge in [-0.15, -0.1) is 0 Å². The van der Waals surface area contributed by atoms with Crippen LogP contribution in [-0.4, -0.2) is 32.1 Å². The second-order valence-electron chi connectivity index (χ2n) is 7.59. The van der Waals surface area contributed by atoms with Crippen LogP contribution in [0.15, 0.2) is 74.3 Å². The zero-order chi connectivity index (χ0) is 23.1. The first-order chi connectivity index (χ1) is 16.0. The van der Waals surface area contributed by atoms with Gasteiger partial charge in [-0.05, 0) is 49.4 Å². The molecule has 0 fully saturated rings. The van der Waals surface area contributed by atoms with Gasteiger partial charge in [-0.3, -0.25) is 4.90 Å². The summed E-state index contributed by atoms with van der Waals surface area (Å²) in [6, 6.07) is 11.9. The summed E-state index contributed by atoms with van der Waals surface area (Å²) in [5.41, 5.74) is 2.16. The first-order valence-corrected chi connectivity index (χ1v) is 10.3. The van der Waals surface area contributed by atoms with E-state index >= 15 is 0 Å². The maximum Gasteiger partial charge on any atom is 0.337 e. The smallest absolute Gasteiger partial charge is 0.337 e. The zero-order valence-corrected chi connectivity index (χ0v) is 18.3. The number of esters is 2. The van der Waals surface area contributed by atoms with Crippen LogP contribution >= 0.6 is 0 Å². The highest BCUT2D eigenvalue weighted by Crippen LogP contribution is 2.47. The van der Waals surface area contributed by atoms with E-state index in [1.165, 1.54) is 20.4 Å². The summed E-state index contributed by atoms with van der Waals surface area (Å²) in [6.45, 7) is 2.23. The molecule has 1 aromatic carbocycles. The van der Waals surface area contributed by atoms with Crippen molar-refractivity contribution in [2.24, 2.45) is 4.99 Å². The minimum absolute atomic E-state index is 0.310. The first kappa shape index (κ1) is 20.6. The minimum Gasteiger partial charge on any atom is -0.467 e. The van der Waals surface area contributed by atoms with Gasteiger partial charge in [0.1, 0.15) is 23.3 Å². The van der Waals surface area contributed by atoms with Crippen LogP contribution < -0.4 is 9.80 Å². The molecule has 2 aliphatic rings. The maximum absolute atomic E-state index is 12.7. The average Bonchev–Trinajstić information content (AvgIpc) is 3.57. The molecule has 2 aromatic heterocycles. The molecule has 0 saturated carbocycles. The lowest BCUT2D eigenvalue weighted by Crippen LogP contribution is -2.43. The van der Waals surface area contributed by atoms with Crippen molar-refractivity contribution in [3.8, 4) is 0 Å². The fourth-order valence-corrected chi connectivity index (χ4v) is 4.14. The number of hydrogen-bond acceptors (Lipinski definition) is 9. The van der Waals surface area contributed by atoms with Crippen LogP contribution in [0.25, 0.3) is 0 Å². The molecule has 0 amide bonds. The van der Waals surface area contributed by atoms with E-state index in [1.807, 2.05) is 47.1 Å². The van der Waals surface area contributed by atoms with Crippen LogP contribution in [0.3, 0.4) is 0 Å². The fourth-order valence-electron chi connectivity index (χ4n) is 4.14. The van der Waals surface area contributed by atoms with Crippen LogP contribution in [0.1, 0.15) is 33.7 Å². The molecule has 2 aliphatic heterocycles. The van der Waals surface area contributed by atoms with E-state index in [4.69, 9.17) is 18.3 Å². The number of rotatable bonds is 5. The highest BCUT2D eigenvalue weighted by atomic mass is 16.5. The summed E-state index contributed by atoms with van der Waals surface area (Å²) in [5, 5.41) is 0. The van der Waals surface area contributed by atoms with Gasteiger partial charge in [0.05, 0.1) is 49.5 Å². The Morgan fingerprint density at radius 3 is 2.55 bits per heavy atom. The number of ether oxygens (including phenoxy) is 2. The van der Waals surface area contributed by atoms with Gasteiger partial charge in [-0.2, -0.15) is 0 Å². The average molecular weight is 447 g/mol. The van der Waals surface area contributed by atoms with Crippen LogP contribution in [0.2, 0.25) is 0 Å². The summed E-state index contributed by atoms with van der Waals surface area (Å²) in [4.78, 5) is 33.4. The number of nitrogens with zero attached hydrogens (tertiary/aromatic N) is 3. The van der Waals surface area contributed by atoms with Gasteiger partial charge in [0.2, 0.25) is 5.96 Å². The van der Waals surface area contributed by atoms with E-state index in [0.29, 0.717) is 40.8 Å². The third-order valence-corrected chi connectivity index (χ3v) is 5.62. The third-order valence-electron chi connectivity index (χ3n) is 5.62. The van der Waals surface area contributed by atoms with E-state index in [2.05, 4.69) is 4.99 Å². The highest BCUT2D eigenvalue weighted by Gasteiger charge is 2.45. The van der Waals surface area contributed by atoms with Crippen LogP contribution in [0.4, 0.5) is 11.4 Å². The molecule has 0 radical (unpaired) electrons. The Morgan fingerprint density at radius 1 is 1.06 bits per heavy atom. The second kappa shape index (κ2) is 8.01. The highest BCUT2D eigenvalue weighted by molar-refractivity contribution is 6.19. The standard InChI is InChI=1S/C24H21N3O6/c1-14-6-9-20(33-14)21-17(23(29)31-3)12-25-24-26(13-16-5-4-10-32-16)18-8-7-15(22(28)30-2)11-19(18)27(21)24/h4-12,21H,13H2,1-3H3. The molecule has 0 saturated heterocycles. The van der Waals surface area contributed by atoms with Crippen molar-refractivity contribution >= 4 is 29.3 Å². The molecule has 0 spiro atoms. The summed E-state index contributed by atoms with van der Waals surface area (Å²) in [7, 11) is 2.66. The van der Waals surface area contributed by atoms with E-state index in [0.717, 1.165) is 11.4 Å². The number of furan rings is 2. The molecule has 0 aliphatic carbocycles. The largest absolute Gasteiger partial charge is 0.467 e. The Labute approximate surface area is 189 Å². The molecule has 9 heteroatoms. The molecule has 1 unspecified atom stereocenters. The van der Waals surface area contributed by atoms with Gasteiger partial charge in [0, 0.05) is 6.20 Å². The van der Waals surface area contributed by atoms with Crippen molar-refractivity contribution in [3.63, 3.8) is 0 Å². The number of carbonyl (C=O) groups excluding carboxylic acids is 2. The van der Waals surface area contributed by atoms with Crippen molar-refractivity contribution < 1.29 is 27.9 Å². The number of methoxy groups -OCH3 is 2. The summed E-state index contributed by atoms with van der Waals surface area (Å²) >= 11 is 0. The Morgan fingerprint density at radius 2 is 1.88 bits per heavy atom. The zero-order valence-electron chi connectivity index (χ0n) is 18.3. The summed E-state index contributed by atoms with van der Waals surface area (Å²) in [6.07, 6.45) is 3.11. The van der Waals surface area contributed by atoms with E-state index in [-0.39, 0.29) is 0 Å². The molecule has 5 rings (SSSR count). The SMILES string of the molecule is COC(=O)C1=CN=C2N(Cc3ccco3)c3ccc(C(=O)OC)cc3N2C1c1ccc(C)o1. The lowest BCUT2D eigenvalue weighted by Gasteiger charge is -2.33. The molecular formula is C24H21N3O6. The van der Waals surface area contributed by atoms with Gasteiger partial charge in [0.15, 0.2) is 0 Å². The monoisotopic (exact) mass is 447 g/mol. The predicted octanol–water partition coefficient (Wildman–Crippen LogP) is 3.96. The second-order valence-corrected chi connectivity index (χ2v) is 7.59.